The topological polar surface area (TPSA) is 67.4 Å². The van der Waals surface area contributed by atoms with Crippen LogP contribution in [0.1, 0.15) is 27.6 Å². The van der Waals surface area contributed by atoms with Crippen LogP contribution in [0, 0.1) is 6.92 Å². The molecule has 2 N–H and O–H groups in total. The Balaban J connectivity index is 1.98. The van der Waals surface area contributed by atoms with Crippen LogP contribution in [0.3, 0.4) is 0 Å². The Morgan fingerprint density at radius 1 is 1.00 bits per heavy atom. The number of carbonyl (C=O) groups is 2. The summed E-state index contributed by atoms with van der Waals surface area (Å²) in [5, 5.41) is 0. The van der Waals surface area contributed by atoms with Gasteiger partial charge in [0, 0.05) is 12.7 Å². The van der Waals surface area contributed by atoms with Gasteiger partial charge in [-0.15, -0.1) is 0 Å². The number of benzene rings is 2. The van der Waals surface area contributed by atoms with Crippen LogP contribution >= 0.6 is 0 Å². The van der Waals surface area contributed by atoms with Crippen molar-refractivity contribution in [3.8, 4) is 0 Å². The van der Waals surface area contributed by atoms with Gasteiger partial charge in [0.15, 0.2) is 6.10 Å². The highest BCUT2D eigenvalue weighted by atomic mass is 16.5. The molecule has 114 valence electrons. The van der Waals surface area contributed by atoms with E-state index in [2.05, 4.69) is 10.9 Å². The summed E-state index contributed by atoms with van der Waals surface area (Å²) in [6.45, 7) is 1.89. The normalized spacial score (nSPS) is 11.5. The molecule has 0 fully saturated rings. The van der Waals surface area contributed by atoms with Crippen molar-refractivity contribution < 1.29 is 14.3 Å². The molecule has 2 amide bonds. The summed E-state index contributed by atoms with van der Waals surface area (Å²) in [5.41, 5.74) is 6.94. The Hall–Kier alpha value is -2.66. The minimum absolute atomic E-state index is 0.375. The third-order valence-electron chi connectivity index (χ3n) is 3.16. The average molecular weight is 298 g/mol. The van der Waals surface area contributed by atoms with Crippen LogP contribution in [0.4, 0.5) is 0 Å². The summed E-state index contributed by atoms with van der Waals surface area (Å²) in [6, 6.07) is 16.2. The molecule has 0 saturated heterocycles. The van der Waals surface area contributed by atoms with E-state index >= 15 is 0 Å². The molecule has 1 atom stereocenters. The summed E-state index contributed by atoms with van der Waals surface area (Å²) < 4.78 is 5.19. The molecule has 0 aliphatic rings. The van der Waals surface area contributed by atoms with Crippen LogP contribution in [0.5, 0.6) is 0 Å². The van der Waals surface area contributed by atoms with E-state index in [-0.39, 0.29) is 5.91 Å². The second-order valence-electron chi connectivity index (χ2n) is 4.84. The molecule has 0 heterocycles. The third-order valence-corrected chi connectivity index (χ3v) is 3.16. The lowest BCUT2D eigenvalue weighted by atomic mass is 10.1. The van der Waals surface area contributed by atoms with Crippen LogP contribution in [0.25, 0.3) is 0 Å². The summed E-state index contributed by atoms with van der Waals surface area (Å²) in [7, 11) is 1.44. The van der Waals surface area contributed by atoms with E-state index in [1.165, 1.54) is 7.11 Å². The number of ether oxygens (including phenoxy) is 1. The smallest absolute Gasteiger partial charge is 0.272 e. The lowest BCUT2D eigenvalue weighted by Crippen LogP contribution is -2.44. The van der Waals surface area contributed by atoms with Crippen molar-refractivity contribution in [2.45, 2.75) is 13.0 Å². The second-order valence-corrected chi connectivity index (χ2v) is 4.84. The van der Waals surface area contributed by atoms with Crippen molar-refractivity contribution >= 4 is 11.8 Å². The minimum atomic E-state index is -0.779. The fourth-order valence-electron chi connectivity index (χ4n) is 2.06. The Morgan fingerprint density at radius 3 is 2.36 bits per heavy atom. The van der Waals surface area contributed by atoms with E-state index in [0.29, 0.717) is 11.1 Å². The van der Waals surface area contributed by atoms with Crippen molar-refractivity contribution in [3.05, 3.63) is 71.3 Å². The average Bonchev–Trinajstić information content (AvgIpc) is 2.54. The Bertz CT molecular complexity index is 656. The second kappa shape index (κ2) is 7.38. The SMILES string of the molecule is COC(C(=O)NNC(=O)c1cccc(C)c1)c1ccccc1. The van der Waals surface area contributed by atoms with Crippen LogP contribution in [-0.2, 0) is 9.53 Å². The van der Waals surface area contributed by atoms with Gasteiger partial charge in [0.25, 0.3) is 11.8 Å². The molecule has 2 rings (SSSR count). The lowest BCUT2D eigenvalue weighted by molar-refractivity contribution is -0.132. The zero-order valence-electron chi connectivity index (χ0n) is 12.5. The molecule has 0 aliphatic heterocycles. The standard InChI is InChI=1S/C17H18N2O3/c1-12-7-6-10-14(11-12)16(20)18-19-17(21)15(22-2)13-8-4-3-5-9-13/h3-11,15H,1-2H3,(H,18,20)(H,19,21). The minimum Gasteiger partial charge on any atom is -0.367 e. The van der Waals surface area contributed by atoms with E-state index in [4.69, 9.17) is 4.74 Å². The first-order valence-corrected chi connectivity index (χ1v) is 6.86. The summed E-state index contributed by atoms with van der Waals surface area (Å²) >= 11 is 0. The number of methoxy groups -OCH3 is 1. The highest BCUT2D eigenvalue weighted by molar-refractivity contribution is 5.96. The number of carbonyl (C=O) groups excluding carboxylic acids is 2. The fourth-order valence-corrected chi connectivity index (χ4v) is 2.06. The van der Waals surface area contributed by atoms with Gasteiger partial charge in [-0.3, -0.25) is 20.4 Å². The van der Waals surface area contributed by atoms with Gasteiger partial charge < -0.3 is 4.74 Å². The maximum atomic E-state index is 12.1. The molecule has 0 bridgehead atoms. The third kappa shape index (κ3) is 3.93. The first-order valence-electron chi connectivity index (χ1n) is 6.86. The fraction of sp³-hybridized carbons (Fsp3) is 0.176. The van der Waals surface area contributed by atoms with Crippen molar-refractivity contribution in [1.82, 2.24) is 10.9 Å². The predicted molar refractivity (Wildman–Crippen MR) is 83.0 cm³/mol. The van der Waals surface area contributed by atoms with Gasteiger partial charge in [0.05, 0.1) is 0 Å². The molecule has 0 aromatic heterocycles. The molecule has 2 aromatic rings. The Labute approximate surface area is 129 Å². The first-order chi connectivity index (χ1) is 10.6. The maximum absolute atomic E-state index is 12.1. The monoisotopic (exact) mass is 298 g/mol. The highest BCUT2D eigenvalue weighted by Gasteiger charge is 2.20. The number of aryl methyl sites for hydroxylation is 1. The lowest BCUT2D eigenvalue weighted by Gasteiger charge is -2.16. The zero-order valence-corrected chi connectivity index (χ0v) is 12.5. The van der Waals surface area contributed by atoms with E-state index in [9.17, 15) is 9.59 Å². The molecule has 2 aromatic carbocycles. The predicted octanol–water partition coefficient (Wildman–Crippen LogP) is 2.14. The maximum Gasteiger partial charge on any atom is 0.272 e. The number of rotatable bonds is 4. The van der Waals surface area contributed by atoms with Gasteiger partial charge in [0.2, 0.25) is 0 Å². The highest BCUT2D eigenvalue weighted by Crippen LogP contribution is 2.15. The van der Waals surface area contributed by atoms with Gasteiger partial charge in [0.1, 0.15) is 0 Å². The number of hydrogen-bond acceptors (Lipinski definition) is 3. The number of amides is 2. The van der Waals surface area contributed by atoms with E-state index in [1.54, 1.807) is 30.3 Å². The van der Waals surface area contributed by atoms with E-state index in [0.717, 1.165) is 5.56 Å². The molecule has 5 nitrogen and oxygen atoms in total. The molecular weight excluding hydrogens is 280 g/mol. The van der Waals surface area contributed by atoms with Crippen molar-refractivity contribution in [2.24, 2.45) is 0 Å². The molecule has 0 radical (unpaired) electrons. The molecule has 5 heteroatoms. The van der Waals surface area contributed by atoms with Gasteiger partial charge in [-0.2, -0.15) is 0 Å². The summed E-state index contributed by atoms with van der Waals surface area (Å²) in [5.74, 6) is -0.810. The summed E-state index contributed by atoms with van der Waals surface area (Å²) in [6.07, 6.45) is -0.779. The van der Waals surface area contributed by atoms with Crippen molar-refractivity contribution in [2.75, 3.05) is 7.11 Å². The largest absolute Gasteiger partial charge is 0.367 e. The zero-order chi connectivity index (χ0) is 15.9. The number of nitrogens with one attached hydrogen (secondary N) is 2. The quantitative estimate of drug-likeness (QED) is 0.850. The Kier molecular flexibility index (Phi) is 5.27. The molecular formula is C17H18N2O3. The first kappa shape index (κ1) is 15.7. The van der Waals surface area contributed by atoms with Crippen LogP contribution < -0.4 is 10.9 Å². The van der Waals surface area contributed by atoms with Crippen LogP contribution in [0.2, 0.25) is 0 Å². The van der Waals surface area contributed by atoms with Gasteiger partial charge in [-0.25, -0.2) is 0 Å². The van der Waals surface area contributed by atoms with Crippen LogP contribution in [-0.4, -0.2) is 18.9 Å². The molecule has 1 unspecified atom stereocenters. The number of hydrogen-bond donors (Lipinski definition) is 2. The Morgan fingerprint density at radius 2 is 1.73 bits per heavy atom. The van der Waals surface area contributed by atoms with Gasteiger partial charge in [-0.05, 0) is 24.6 Å². The van der Waals surface area contributed by atoms with Gasteiger partial charge in [-0.1, -0.05) is 48.0 Å². The van der Waals surface area contributed by atoms with Crippen molar-refractivity contribution in [1.29, 1.82) is 0 Å². The molecule has 0 aliphatic carbocycles. The molecule has 22 heavy (non-hydrogen) atoms. The van der Waals surface area contributed by atoms with Crippen LogP contribution in [0.15, 0.2) is 54.6 Å². The van der Waals surface area contributed by atoms with Crippen molar-refractivity contribution in [3.63, 3.8) is 0 Å². The summed E-state index contributed by atoms with van der Waals surface area (Å²) in [4.78, 5) is 24.1. The molecule has 0 spiro atoms. The van der Waals surface area contributed by atoms with E-state index in [1.807, 2.05) is 31.2 Å². The van der Waals surface area contributed by atoms with Gasteiger partial charge >= 0.3 is 0 Å². The molecule has 0 saturated carbocycles. The number of hydrazine groups is 1. The van der Waals surface area contributed by atoms with E-state index < -0.39 is 12.0 Å².